The maximum Gasteiger partial charge on any atom is 0.338 e. The van der Waals surface area contributed by atoms with Crippen molar-refractivity contribution in [3.05, 3.63) is 59.7 Å². The molecule has 0 unspecified atom stereocenters. The number of benzene rings is 2. The molecule has 0 amide bonds. The minimum atomic E-state index is -0.318. The molecule has 0 N–H and O–H groups in total. The molecule has 2 aromatic carbocycles. The van der Waals surface area contributed by atoms with Crippen LogP contribution in [0.5, 0.6) is 11.5 Å². The minimum Gasteiger partial charge on any atom is -0.459 e. The van der Waals surface area contributed by atoms with Crippen molar-refractivity contribution in [1.29, 1.82) is 0 Å². The molecule has 2 aromatic rings. The molecular formula is C17H18O3. The predicted octanol–water partition coefficient (Wildman–Crippen LogP) is 4.35. The van der Waals surface area contributed by atoms with E-state index in [-0.39, 0.29) is 12.1 Å². The van der Waals surface area contributed by atoms with Crippen molar-refractivity contribution >= 4 is 5.97 Å². The Morgan fingerprint density at radius 1 is 0.900 bits per heavy atom. The van der Waals surface area contributed by atoms with Crippen LogP contribution in [0.4, 0.5) is 0 Å². The van der Waals surface area contributed by atoms with Gasteiger partial charge in [0.1, 0.15) is 11.5 Å². The number of carbonyl (C=O) groups is 1. The molecule has 0 fully saturated rings. The molecule has 0 saturated carbocycles. The first-order valence-electron chi connectivity index (χ1n) is 6.60. The van der Waals surface area contributed by atoms with Crippen molar-refractivity contribution in [2.75, 3.05) is 0 Å². The lowest BCUT2D eigenvalue weighted by atomic mass is 10.2. The lowest BCUT2D eigenvalue weighted by Crippen LogP contribution is -2.11. The fourth-order valence-electron chi connectivity index (χ4n) is 1.68. The van der Waals surface area contributed by atoms with Crippen molar-refractivity contribution in [2.45, 2.75) is 26.9 Å². The molecule has 0 bridgehead atoms. The summed E-state index contributed by atoms with van der Waals surface area (Å²) in [6.45, 7) is 5.68. The van der Waals surface area contributed by atoms with Crippen molar-refractivity contribution in [1.82, 2.24) is 0 Å². The van der Waals surface area contributed by atoms with Gasteiger partial charge in [-0.1, -0.05) is 17.7 Å². The number of hydrogen-bond donors (Lipinski definition) is 0. The maximum atomic E-state index is 11.7. The number of carbonyl (C=O) groups excluding carboxylic acids is 1. The van der Waals surface area contributed by atoms with E-state index >= 15 is 0 Å². The van der Waals surface area contributed by atoms with Crippen LogP contribution in [0.3, 0.4) is 0 Å². The van der Waals surface area contributed by atoms with Crippen LogP contribution < -0.4 is 4.74 Å². The van der Waals surface area contributed by atoms with E-state index in [0.29, 0.717) is 11.3 Å². The molecule has 20 heavy (non-hydrogen) atoms. The highest BCUT2D eigenvalue weighted by molar-refractivity contribution is 5.89. The van der Waals surface area contributed by atoms with Gasteiger partial charge >= 0.3 is 5.97 Å². The second kappa shape index (κ2) is 6.24. The first-order chi connectivity index (χ1) is 9.54. The summed E-state index contributed by atoms with van der Waals surface area (Å²) >= 11 is 0. The minimum absolute atomic E-state index is 0.119. The molecule has 0 aliphatic carbocycles. The molecule has 3 nitrogen and oxygen atoms in total. The fraction of sp³-hybridized carbons (Fsp3) is 0.235. The summed E-state index contributed by atoms with van der Waals surface area (Å²) in [6, 6.07) is 14.7. The van der Waals surface area contributed by atoms with E-state index in [0.717, 1.165) is 5.75 Å². The van der Waals surface area contributed by atoms with E-state index < -0.39 is 0 Å². The Hall–Kier alpha value is -2.29. The second-order valence-corrected chi connectivity index (χ2v) is 4.89. The molecule has 3 heteroatoms. The Bertz CT molecular complexity index is 568. The van der Waals surface area contributed by atoms with E-state index in [9.17, 15) is 4.79 Å². The maximum absolute atomic E-state index is 11.7. The van der Waals surface area contributed by atoms with Gasteiger partial charge in [-0.05, 0) is 57.2 Å². The van der Waals surface area contributed by atoms with Crippen LogP contribution in [0, 0.1) is 6.92 Å². The molecule has 104 valence electrons. The first kappa shape index (κ1) is 14.1. The second-order valence-electron chi connectivity index (χ2n) is 4.89. The van der Waals surface area contributed by atoms with E-state index in [4.69, 9.17) is 9.47 Å². The molecule has 0 aromatic heterocycles. The molecule has 0 atom stereocenters. The smallest absolute Gasteiger partial charge is 0.338 e. The highest BCUT2D eigenvalue weighted by atomic mass is 16.5. The fourth-order valence-corrected chi connectivity index (χ4v) is 1.68. The van der Waals surface area contributed by atoms with Gasteiger partial charge in [-0.25, -0.2) is 4.79 Å². The van der Waals surface area contributed by atoms with Gasteiger partial charge in [-0.15, -0.1) is 0 Å². The van der Waals surface area contributed by atoms with Crippen LogP contribution in [0.1, 0.15) is 29.8 Å². The van der Waals surface area contributed by atoms with Crippen LogP contribution in [-0.4, -0.2) is 12.1 Å². The number of aryl methyl sites for hydroxylation is 1. The SMILES string of the molecule is Cc1ccc(Oc2ccc(C(=O)OC(C)C)cc2)cc1. The molecule has 0 saturated heterocycles. The summed E-state index contributed by atoms with van der Waals surface area (Å²) in [5.41, 5.74) is 1.71. The molecule has 0 heterocycles. The van der Waals surface area contributed by atoms with Crippen molar-refractivity contribution in [2.24, 2.45) is 0 Å². The van der Waals surface area contributed by atoms with Gasteiger partial charge in [-0.2, -0.15) is 0 Å². The average Bonchev–Trinajstić information content (AvgIpc) is 2.41. The van der Waals surface area contributed by atoms with Crippen LogP contribution in [-0.2, 0) is 4.74 Å². The van der Waals surface area contributed by atoms with Crippen LogP contribution in [0.25, 0.3) is 0 Å². The summed E-state index contributed by atoms with van der Waals surface area (Å²) < 4.78 is 10.8. The zero-order valence-corrected chi connectivity index (χ0v) is 11.9. The van der Waals surface area contributed by atoms with Crippen LogP contribution in [0.15, 0.2) is 48.5 Å². The number of hydrogen-bond acceptors (Lipinski definition) is 3. The third-order valence-corrected chi connectivity index (χ3v) is 2.69. The first-order valence-corrected chi connectivity index (χ1v) is 6.60. The lowest BCUT2D eigenvalue weighted by molar-refractivity contribution is 0.0378. The zero-order chi connectivity index (χ0) is 14.5. The Morgan fingerprint density at radius 2 is 1.40 bits per heavy atom. The van der Waals surface area contributed by atoms with Crippen LogP contribution >= 0.6 is 0 Å². The quantitative estimate of drug-likeness (QED) is 0.775. The normalized spacial score (nSPS) is 10.4. The molecule has 0 aliphatic rings. The Kier molecular flexibility index (Phi) is 4.41. The van der Waals surface area contributed by atoms with Crippen molar-refractivity contribution in [3.63, 3.8) is 0 Å². The third-order valence-electron chi connectivity index (χ3n) is 2.69. The average molecular weight is 270 g/mol. The number of rotatable bonds is 4. The highest BCUT2D eigenvalue weighted by Crippen LogP contribution is 2.22. The summed E-state index contributed by atoms with van der Waals surface area (Å²) in [4.78, 5) is 11.7. The Labute approximate surface area is 119 Å². The molecule has 2 rings (SSSR count). The molecular weight excluding hydrogens is 252 g/mol. The Balaban J connectivity index is 2.04. The van der Waals surface area contributed by atoms with Gasteiger partial charge in [0.15, 0.2) is 0 Å². The zero-order valence-electron chi connectivity index (χ0n) is 11.9. The highest BCUT2D eigenvalue weighted by Gasteiger charge is 2.09. The number of ether oxygens (including phenoxy) is 2. The van der Waals surface area contributed by atoms with Gasteiger partial charge in [0.2, 0.25) is 0 Å². The monoisotopic (exact) mass is 270 g/mol. The summed E-state index contributed by atoms with van der Waals surface area (Å²) in [5, 5.41) is 0. The standard InChI is InChI=1S/C17H18O3/c1-12(2)19-17(18)14-6-10-16(11-7-14)20-15-8-4-13(3)5-9-15/h4-12H,1-3H3. The van der Waals surface area contributed by atoms with Gasteiger partial charge in [0.05, 0.1) is 11.7 Å². The third kappa shape index (κ3) is 3.85. The molecule has 0 radical (unpaired) electrons. The van der Waals surface area contributed by atoms with Gasteiger partial charge in [0, 0.05) is 0 Å². The largest absolute Gasteiger partial charge is 0.459 e. The Morgan fingerprint density at radius 3 is 1.90 bits per heavy atom. The summed E-state index contributed by atoms with van der Waals surface area (Å²) in [7, 11) is 0. The lowest BCUT2D eigenvalue weighted by Gasteiger charge is -2.09. The molecule has 0 spiro atoms. The van der Waals surface area contributed by atoms with Gasteiger partial charge in [-0.3, -0.25) is 0 Å². The summed E-state index contributed by atoms with van der Waals surface area (Å²) in [6.07, 6.45) is -0.119. The van der Waals surface area contributed by atoms with E-state index in [1.807, 2.05) is 45.0 Å². The predicted molar refractivity (Wildman–Crippen MR) is 78.2 cm³/mol. The van der Waals surface area contributed by atoms with Gasteiger partial charge < -0.3 is 9.47 Å². The van der Waals surface area contributed by atoms with E-state index in [1.165, 1.54) is 5.56 Å². The van der Waals surface area contributed by atoms with Gasteiger partial charge in [0.25, 0.3) is 0 Å². The van der Waals surface area contributed by atoms with Crippen LogP contribution in [0.2, 0.25) is 0 Å². The number of esters is 1. The van der Waals surface area contributed by atoms with E-state index in [2.05, 4.69) is 0 Å². The van der Waals surface area contributed by atoms with E-state index in [1.54, 1.807) is 24.3 Å². The summed E-state index contributed by atoms with van der Waals surface area (Å²) in [5.74, 6) is 1.14. The topological polar surface area (TPSA) is 35.5 Å². The molecule has 0 aliphatic heterocycles. The van der Waals surface area contributed by atoms with Crippen molar-refractivity contribution < 1.29 is 14.3 Å². The van der Waals surface area contributed by atoms with Crippen molar-refractivity contribution in [3.8, 4) is 11.5 Å².